The number of hydrogen-bond donors (Lipinski definition) is 0. The van der Waals surface area contributed by atoms with Crippen molar-refractivity contribution in [2.24, 2.45) is 0 Å². The molecule has 0 N–H and O–H groups in total. The lowest BCUT2D eigenvalue weighted by Crippen LogP contribution is -2.60. The van der Waals surface area contributed by atoms with Gasteiger partial charge in [0, 0.05) is 38.6 Å². The number of benzene rings is 7. The Morgan fingerprint density at radius 2 is 1.09 bits per heavy atom. The molecule has 0 saturated carbocycles. The Balaban J connectivity index is 1.41. The first-order valence-corrected chi connectivity index (χ1v) is 19.5. The smallest absolute Gasteiger partial charge is 0.253 e. The Hall–Kier alpha value is -5.80. The second kappa shape index (κ2) is 10.7. The third kappa shape index (κ3) is 4.18. The summed E-state index contributed by atoms with van der Waals surface area (Å²) in [6.07, 6.45) is 0. The number of nitrogens with zero attached hydrogens (tertiary/aromatic N) is 2. The zero-order chi connectivity index (χ0) is 36.8. The monoisotopic (exact) mass is 694 g/mol. The van der Waals surface area contributed by atoms with Crippen molar-refractivity contribution in [2.75, 3.05) is 0 Å². The first-order valence-electron chi connectivity index (χ1n) is 19.5. The molecule has 0 aliphatic carbocycles. The van der Waals surface area contributed by atoms with Crippen molar-refractivity contribution < 1.29 is 0 Å². The molecule has 260 valence electrons. The largest absolute Gasteiger partial charge is 0.310 e. The van der Waals surface area contributed by atoms with E-state index in [1.54, 1.807) is 0 Å². The van der Waals surface area contributed by atoms with E-state index in [4.69, 9.17) is 0 Å². The summed E-state index contributed by atoms with van der Waals surface area (Å²) in [5, 5.41) is 6.67. The summed E-state index contributed by atoms with van der Waals surface area (Å²) in [7, 11) is 0. The molecule has 2 aromatic heterocycles. The van der Waals surface area contributed by atoms with E-state index in [1.165, 1.54) is 110 Å². The van der Waals surface area contributed by atoms with Gasteiger partial charge in [-0.3, -0.25) is 0 Å². The molecule has 0 unspecified atom stereocenters. The normalized spacial score (nSPS) is 13.4. The molecule has 0 atom stereocenters. The SMILES string of the molecule is Cc1c(-c2ccccc2)n2c3c(c4ccccc4cc13)B1c3c-2cc(-c2ccccc2)cc3-n2c3ccc(C(C)(C)C)cc3c3cc(C(C)(C)C)cc1c32. The van der Waals surface area contributed by atoms with Crippen molar-refractivity contribution in [2.45, 2.75) is 59.3 Å². The third-order valence-electron chi connectivity index (χ3n) is 12.6. The molecule has 3 heteroatoms. The first-order chi connectivity index (χ1) is 26.0. The Morgan fingerprint density at radius 1 is 0.463 bits per heavy atom. The van der Waals surface area contributed by atoms with E-state index in [1.807, 2.05) is 0 Å². The number of rotatable bonds is 2. The Morgan fingerprint density at radius 3 is 1.80 bits per heavy atom. The van der Waals surface area contributed by atoms with E-state index < -0.39 is 0 Å². The maximum absolute atomic E-state index is 2.64. The fraction of sp³-hybridized carbons (Fsp3) is 0.176. The molecule has 0 saturated heterocycles. The zero-order valence-electron chi connectivity index (χ0n) is 32.2. The van der Waals surface area contributed by atoms with E-state index >= 15 is 0 Å². The lowest BCUT2D eigenvalue weighted by molar-refractivity contribution is 0.590. The van der Waals surface area contributed by atoms with Gasteiger partial charge >= 0.3 is 0 Å². The van der Waals surface area contributed by atoms with Crippen LogP contribution >= 0.6 is 0 Å². The molecule has 0 bridgehead atoms. The molecular weight excluding hydrogens is 651 g/mol. The highest BCUT2D eigenvalue weighted by atomic mass is 15.0. The van der Waals surface area contributed by atoms with Gasteiger partial charge in [-0.25, -0.2) is 0 Å². The summed E-state index contributed by atoms with van der Waals surface area (Å²) >= 11 is 0. The van der Waals surface area contributed by atoms with Crippen LogP contribution in [-0.2, 0) is 10.8 Å². The number of aromatic nitrogens is 2. The number of aryl methyl sites for hydroxylation is 1. The van der Waals surface area contributed by atoms with Gasteiger partial charge in [0.2, 0.25) is 0 Å². The molecule has 0 spiro atoms. The maximum atomic E-state index is 2.64. The van der Waals surface area contributed by atoms with Crippen molar-refractivity contribution in [3.63, 3.8) is 0 Å². The molecule has 7 aromatic carbocycles. The predicted molar refractivity (Wildman–Crippen MR) is 233 cm³/mol. The summed E-state index contributed by atoms with van der Waals surface area (Å²) in [6.45, 7) is 16.5. The van der Waals surface area contributed by atoms with Crippen LogP contribution in [-0.4, -0.2) is 15.8 Å². The molecule has 2 aliphatic rings. The highest BCUT2D eigenvalue weighted by molar-refractivity contribution is 7.01. The Bertz CT molecular complexity index is 3050. The van der Waals surface area contributed by atoms with Gasteiger partial charge in [0.15, 0.2) is 0 Å². The zero-order valence-corrected chi connectivity index (χ0v) is 32.2. The fourth-order valence-corrected chi connectivity index (χ4v) is 9.86. The Kier molecular flexibility index (Phi) is 6.26. The van der Waals surface area contributed by atoms with E-state index in [2.05, 4.69) is 191 Å². The quantitative estimate of drug-likeness (QED) is 0.159. The average molecular weight is 695 g/mol. The van der Waals surface area contributed by atoms with Crippen molar-refractivity contribution in [3.8, 4) is 33.8 Å². The van der Waals surface area contributed by atoms with Gasteiger partial charge in [-0.1, -0.05) is 139 Å². The lowest BCUT2D eigenvalue weighted by atomic mass is 9.33. The van der Waals surface area contributed by atoms with Gasteiger partial charge in [-0.15, -0.1) is 0 Å². The molecule has 4 heterocycles. The third-order valence-corrected chi connectivity index (χ3v) is 12.6. The number of fused-ring (bicyclic) bond motifs is 9. The topological polar surface area (TPSA) is 9.86 Å². The van der Waals surface area contributed by atoms with Crippen LogP contribution in [0.5, 0.6) is 0 Å². The van der Waals surface area contributed by atoms with Crippen molar-refractivity contribution in [1.82, 2.24) is 9.13 Å². The van der Waals surface area contributed by atoms with Crippen LogP contribution in [0.2, 0.25) is 0 Å². The molecule has 2 aliphatic heterocycles. The standard InChI is InChI=1S/C51H43BN2/c1-30-38-24-33-20-14-15-21-37(33)45-49(38)54(47(30)32-18-12-9-13-19-32)44-26-34(31-16-10-8-11-17-31)25-43-46(44)52(45)41-29-36(51(5,6)7)28-40-39-27-35(50(2,3)4)22-23-42(39)53(43)48(40)41/h8-29H,1-7H3. The van der Waals surface area contributed by atoms with E-state index in [0.29, 0.717) is 0 Å². The van der Waals surface area contributed by atoms with Gasteiger partial charge in [-0.05, 0) is 115 Å². The van der Waals surface area contributed by atoms with Crippen LogP contribution in [0.3, 0.4) is 0 Å². The summed E-state index contributed by atoms with van der Waals surface area (Å²) in [5.41, 5.74) is 19.8. The van der Waals surface area contributed by atoms with Crippen molar-refractivity contribution in [1.29, 1.82) is 0 Å². The van der Waals surface area contributed by atoms with Crippen molar-refractivity contribution in [3.05, 3.63) is 150 Å². The van der Waals surface area contributed by atoms with Gasteiger partial charge < -0.3 is 9.13 Å². The lowest BCUT2D eigenvalue weighted by Gasteiger charge is -2.36. The summed E-state index contributed by atoms with van der Waals surface area (Å²) in [4.78, 5) is 0. The van der Waals surface area contributed by atoms with Crippen LogP contribution in [0, 0.1) is 6.92 Å². The predicted octanol–water partition coefficient (Wildman–Crippen LogP) is 11.3. The fourth-order valence-electron chi connectivity index (χ4n) is 9.86. The highest BCUT2D eigenvalue weighted by Gasteiger charge is 2.43. The molecule has 0 radical (unpaired) electrons. The van der Waals surface area contributed by atoms with Crippen LogP contribution in [0.15, 0.2) is 133 Å². The van der Waals surface area contributed by atoms with Gasteiger partial charge in [0.1, 0.15) is 0 Å². The molecule has 0 amide bonds. The van der Waals surface area contributed by atoms with Crippen LogP contribution in [0.25, 0.3) is 77.2 Å². The van der Waals surface area contributed by atoms with E-state index in [-0.39, 0.29) is 17.5 Å². The van der Waals surface area contributed by atoms with Crippen LogP contribution in [0.1, 0.15) is 58.2 Å². The van der Waals surface area contributed by atoms with Gasteiger partial charge in [0.05, 0.1) is 11.2 Å². The first kappa shape index (κ1) is 31.7. The highest BCUT2D eigenvalue weighted by Crippen LogP contribution is 2.44. The second-order valence-electron chi connectivity index (χ2n) is 17.8. The summed E-state index contributed by atoms with van der Waals surface area (Å²) < 4.78 is 5.27. The number of hydrogen-bond acceptors (Lipinski definition) is 0. The van der Waals surface area contributed by atoms with E-state index in [9.17, 15) is 0 Å². The van der Waals surface area contributed by atoms with E-state index in [0.717, 1.165) is 0 Å². The maximum Gasteiger partial charge on any atom is 0.253 e. The van der Waals surface area contributed by atoms with Gasteiger partial charge in [-0.2, -0.15) is 0 Å². The molecular formula is C51H43BN2. The molecule has 2 nitrogen and oxygen atoms in total. The summed E-state index contributed by atoms with van der Waals surface area (Å²) in [6, 6.07) is 50.9. The minimum absolute atomic E-state index is 0.0267. The summed E-state index contributed by atoms with van der Waals surface area (Å²) in [5.74, 6) is 0. The van der Waals surface area contributed by atoms with Crippen LogP contribution in [0.4, 0.5) is 0 Å². The van der Waals surface area contributed by atoms with Gasteiger partial charge in [0.25, 0.3) is 6.71 Å². The Labute approximate surface area is 317 Å². The molecule has 0 fully saturated rings. The molecule has 9 aromatic rings. The molecule has 11 rings (SSSR count). The molecule has 54 heavy (non-hydrogen) atoms. The van der Waals surface area contributed by atoms with Crippen molar-refractivity contribution >= 4 is 66.6 Å². The average Bonchev–Trinajstić information content (AvgIpc) is 3.66. The second-order valence-corrected chi connectivity index (χ2v) is 17.8. The van der Waals surface area contributed by atoms with Crippen LogP contribution < -0.4 is 16.4 Å². The minimum atomic E-state index is -0.0267. The minimum Gasteiger partial charge on any atom is -0.310 e.